The maximum atomic E-state index is 6.90. The molecule has 1 aromatic rings. The molecule has 13 heavy (non-hydrogen) atoms. The van der Waals surface area contributed by atoms with E-state index in [4.69, 9.17) is 6.57 Å². The van der Waals surface area contributed by atoms with Crippen molar-refractivity contribution in [3.63, 3.8) is 0 Å². The zero-order valence-corrected chi connectivity index (χ0v) is 8.55. The molecule has 0 N–H and O–H groups in total. The summed E-state index contributed by atoms with van der Waals surface area (Å²) < 4.78 is 0. The predicted octanol–water partition coefficient (Wildman–Crippen LogP) is 3.24. The highest BCUT2D eigenvalue weighted by molar-refractivity contribution is 5.49. The first-order valence-corrected chi connectivity index (χ1v) is 4.31. The second-order valence-corrected chi connectivity index (χ2v) is 4.16. The molecule has 0 saturated heterocycles. The van der Waals surface area contributed by atoms with Crippen LogP contribution in [0.25, 0.3) is 4.85 Å². The van der Waals surface area contributed by atoms with E-state index in [1.54, 1.807) is 0 Å². The smallest absolute Gasteiger partial charge is 0.208 e. The molecule has 0 fully saturated rings. The second-order valence-electron chi connectivity index (χ2n) is 4.16. The summed E-state index contributed by atoms with van der Waals surface area (Å²) in [6.45, 7) is 15.1. The van der Waals surface area contributed by atoms with Crippen molar-refractivity contribution < 1.29 is 0 Å². The van der Waals surface area contributed by atoms with Crippen molar-refractivity contribution >= 4 is 5.69 Å². The number of hydrogen-bond acceptors (Lipinski definition) is 1. The van der Waals surface area contributed by atoms with Crippen LogP contribution in [0, 0.1) is 13.5 Å². The lowest BCUT2D eigenvalue weighted by Crippen LogP contribution is -2.13. The highest BCUT2D eigenvalue weighted by atomic mass is 14.8. The van der Waals surface area contributed by atoms with Gasteiger partial charge in [-0.1, -0.05) is 32.9 Å². The molecular formula is C11H14N2. The van der Waals surface area contributed by atoms with Gasteiger partial charge in [-0.2, -0.15) is 0 Å². The fraction of sp³-hybridized carbons (Fsp3) is 0.455. The van der Waals surface area contributed by atoms with Gasteiger partial charge in [0.1, 0.15) is 0 Å². The van der Waals surface area contributed by atoms with Crippen molar-refractivity contribution in [3.8, 4) is 0 Å². The third-order valence-corrected chi connectivity index (χ3v) is 1.95. The summed E-state index contributed by atoms with van der Waals surface area (Å²) in [7, 11) is 0. The summed E-state index contributed by atoms with van der Waals surface area (Å²) >= 11 is 0. The van der Waals surface area contributed by atoms with Crippen LogP contribution in [0.15, 0.2) is 12.1 Å². The van der Waals surface area contributed by atoms with Crippen LogP contribution in [0.2, 0.25) is 0 Å². The maximum absolute atomic E-state index is 6.90. The topological polar surface area (TPSA) is 17.2 Å². The molecule has 0 aliphatic rings. The molecule has 1 aromatic heterocycles. The third-order valence-electron chi connectivity index (χ3n) is 1.95. The van der Waals surface area contributed by atoms with E-state index in [0.29, 0.717) is 5.69 Å². The van der Waals surface area contributed by atoms with Crippen LogP contribution in [0.5, 0.6) is 0 Å². The summed E-state index contributed by atoms with van der Waals surface area (Å²) in [5, 5.41) is 0. The van der Waals surface area contributed by atoms with Crippen molar-refractivity contribution in [1.82, 2.24) is 4.98 Å². The zero-order valence-electron chi connectivity index (χ0n) is 8.55. The first-order valence-electron chi connectivity index (χ1n) is 4.31. The Morgan fingerprint density at radius 3 is 2.31 bits per heavy atom. The molecule has 0 spiro atoms. The molecule has 0 saturated carbocycles. The average molecular weight is 174 g/mol. The quantitative estimate of drug-likeness (QED) is 0.552. The molecular weight excluding hydrogens is 160 g/mol. The molecule has 0 radical (unpaired) electrons. The van der Waals surface area contributed by atoms with E-state index < -0.39 is 0 Å². The number of nitrogens with zero attached hydrogens (tertiary/aromatic N) is 2. The van der Waals surface area contributed by atoms with E-state index in [1.165, 1.54) is 0 Å². The van der Waals surface area contributed by atoms with Crippen LogP contribution in [-0.4, -0.2) is 4.98 Å². The Morgan fingerprint density at radius 2 is 1.92 bits per heavy atom. The molecule has 0 aliphatic heterocycles. The Balaban J connectivity index is 3.20. The van der Waals surface area contributed by atoms with E-state index in [0.717, 1.165) is 11.4 Å². The molecule has 1 rings (SSSR count). The lowest BCUT2D eigenvalue weighted by atomic mass is 9.91. The number of rotatable bonds is 0. The van der Waals surface area contributed by atoms with Crippen LogP contribution in [0.3, 0.4) is 0 Å². The van der Waals surface area contributed by atoms with Gasteiger partial charge in [-0.3, -0.25) is 4.98 Å². The zero-order chi connectivity index (χ0) is 10.1. The first-order chi connectivity index (χ1) is 5.95. The van der Waals surface area contributed by atoms with E-state index in [9.17, 15) is 0 Å². The van der Waals surface area contributed by atoms with Crippen molar-refractivity contribution in [2.75, 3.05) is 0 Å². The average Bonchev–Trinajstić information content (AvgIpc) is 2.02. The van der Waals surface area contributed by atoms with Gasteiger partial charge in [0.25, 0.3) is 0 Å². The van der Waals surface area contributed by atoms with Gasteiger partial charge < -0.3 is 0 Å². The van der Waals surface area contributed by atoms with Gasteiger partial charge >= 0.3 is 0 Å². The van der Waals surface area contributed by atoms with Crippen LogP contribution in [-0.2, 0) is 5.41 Å². The fourth-order valence-corrected chi connectivity index (χ4v) is 1.09. The monoisotopic (exact) mass is 174 g/mol. The summed E-state index contributed by atoms with van der Waals surface area (Å²) in [5.74, 6) is 0. The molecule has 0 aromatic carbocycles. The highest BCUT2D eigenvalue weighted by Crippen LogP contribution is 2.24. The highest BCUT2D eigenvalue weighted by Gasteiger charge is 2.15. The van der Waals surface area contributed by atoms with Gasteiger partial charge in [0.05, 0.1) is 6.57 Å². The third kappa shape index (κ3) is 2.06. The largest absolute Gasteiger partial charge is 0.269 e. The minimum atomic E-state index is 0.0608. The molecule has 2 nitrogen and oxygen atoms in total. The Hall–Kier alpha value is -1.36. The lowest BCUT2D eigenvalue weighted by Gasteiger charge is -2.18. The number of aryl methyl sites for hydroxylation is 1. The van der Waals surface area contributed by atoms with Gasteiger partial charge in [-0.25, -0.2) is 4.85 Å². The maximum Gasteiger partial charge on any atom is 0.208 e. The van der Waals surface area contributed by atoms with Gasteiger partial charge in [-0.05, 0) is 6.92 Å². The standard InChI is InChI=1S/C11H14N2/c1-8-9(12-5)6-7-10(13-8)11(2,3)4/h6-7H,1-4H3. The van der Waals surface area contributed by atoms with Crippen LogP contribution in [0.1, 0.15) is 32.2 Å². The molecule has 0 unspecified atom stereocenters. The number of aromatic nitrogens is 1. The molecule has 68 valence electrons. The predicted molar refractivity (Wildman–Crippen MR) is 53.9 cm³/mol. The molecule has 2 heteroatoms. The van der Waals surface area contributed by atoms with Crippen molar-refractivity contribution in [1.29, 1.82) is 0 Å². The van der Waals surface area contributed by atoms with Gasteiger partial charge in [0.2, 0.25) is 5.69 Å². The Morgan fingerprint density at radius 1 is 1.31 bits per heavy atom. The fourth-order valence-electron chi connectivity index (χ4n) is 1.09. The number of pyridine rings is 1. The van der Waals surface area contributed by atoms with Crippen molar-refractivity contribution in [2.24, 2.45) is 0 Å². The van der Waals surface area contributed by atoms with Crippen LogP contribution < -0.4 is 0 Å². The van der Waals surface area contributed by atoms with Gasteiger partial charge in [0.15, 0.2) is 0 Å². The lowest BCUT2D eigenvalue weighted by molar-refractivity contribution is 0.567. The normalized spacial score (nSPS) is 11.0. The molecule has 0 amide bonds. The molecule has 0 atom stereocenters. The first kappa shape index (κ1) is 9.73. The summed E-state index contributed by atoms with van der Waals surface area (Å²) in [6.07, 6.45) is 0. The second kappa shape index (κ2) is 3.18. The van der Waals surface area contributed by atoms with Crippen molar-refractivity contribution in [3.05, 3.63) is 34.9 Å². The van der Waals surface area contributed by atoms with E-state index >= 15 is 0 Å². The van der Waals surface area contributed by atoms with E-state index in [1.807, 2.05) is 19.1 Å². The minimum Gasteiger partial charge on any atom is -0.269 e. The van der Waals surface area contributed by atoms with Crippen LogP contribution >= 0.6 is 0 Å². The van der Waals surface area contributed by atoms with Crippen molar-refractivity contribution in [2.45, 2.75) is 33.1 Å². The van der Waals surface area contributed by atoms with E-state index in [-0.39, 0.29) is 5.41 Å². The minimum absolute atomic E-state index is 0.0608. The Kier molecular flexibility index (Phi) is 2.38. The molecule has 1 heterocycles. The molecule has 0 bridgehead atoms. The molecule has 0 aliphatic carbocycles. The summed E-state index contributed by atoms with van der Waals surface area (Å²) in [4.78, 5) is 7.78. The summed E-state index contributed by atoms with van der Waals surface area (Å²) in [6, 6.07) is 3.77. The Bertz CT molecular complexity index is 353. The van der Waals surface area contributed by atoms with E-state index in [2.05, 4.69) is 30.6 Å². The Labute approximate surface area is 79.4 Å². The number of hydrogen-bond donors (Lipinski definition) is 0. The summed E-state index contributed by atoms with van der Waals surface area (Å²) in [5.41, 5.74) is 2.57. The van der Waals surface area contributed by atoms with Gasteiger partial charge in [0, 0.05) is 16.8 Å². The SMILES string of the molecule is [C-]#[N+]c1ccc(C(C)(C)C)nc1C. The van der Waals surface area contributed by atoms with Gasteiger partial charge in [-0.15, -0.1) is 0 Å². The van der Waals surface area contributed by atoms with Crippen LogP contribution in [0.4, 0.5) is 5.69 Å².